The van der Waals surface area contributed by atoms with E-state index in [-0.39, 0.29) is 25.8 Å². The van der Waals surface area contributed by atoms with Gasteiger partial charge in [0.1, 0.15) is 0 Å². The smallest absolute Gasteiger partial charge is 0.357 e. The number of rotatable bonds is 0. The fourth-order valence-electron chi connectivity index (χ4n) is 0. The predicted octanol–water partition coefficient (Wildman–Crippen LogP) is -11.1. The Hall–Kier alpha value is 1.38. The second-order valence-corrected chi connectivity index (χ2v) is 1.70. The summed E-state index contributed by atoms with van der Waals surface area (Å²) in [4.78, 5) is 0. The molecule has 0 spiro atoms. The Morgan fingerprint density at radius 2 is 0.385 bits per heavy atom. The summed E-state index contributed by atoms with van der Waals surface area (Å²) in [6, 6.07) is 0. The van der Waals surface area contributed by atoms with Crippen molar-refractivity contribution in [3.8, 4) is 0 Å². The first-order valence-electron chi connectivity index (χ1n) is 1.39. The minimum atomic E-state index is -2.85. The first kappa shape index (κ1) is 23.9. The maximum atomic E-state index is 8.41. The average Bonchev–Trinajstić information content (AvgIpc) is 1.54. The molecule has 0 amide bonds. The molecule has 0 aromatic carbocycles. The van der Waals surface area contributed by atoms with Crippen LogP contribution in [0.15, 0.2) is 0 Å². The molecule has 0 heterocycles. The maximum Gasteiger partial charge on any atom is 3.00 e. The summed E-state index contributed by atoms with van der Waals surface area (Å²) in [5, 5.41) is 0. The van der Waals surface area contributed by atoms with Crippen LogP contribution in [0.5, 0.6) is 0 Å². The van der Waals surface area contributed by atoms with Gasteiger partial charge in [-0.3, -0.25) is 0 Å². The van der Waals surface area contributed by atoms with Crippen LogP contribution in [0.25, 0.3) is 0 Å². The second kappa shape index (κ2) is 19.0. The van der Waals surface area contributed by atoms with Crippen molar-refractivity contribution in [3.63, 3.8) is 0 Å². The average molecular weight is 365 g/mol. The largest absolute Gasteiger partial charge is 3.00 e. The summed E-state index contributed by atoms with van der Waals surface area (Å²) >= 11 is 0. The molecule has 13 heteroatoms. The zero-order valence-corrected chi connectivity index (χ0v) is 10.9. The van der Waals surface area contributed by atoms with E-state index in [0.29, 0.717) is 0 Å². The van der Waals surface area contributed by atoms with E-state index in [1.54, 1.807) is 0 Å². The van der Waals surface area contributed by atoms with Gasteiger partial charge in [0, 0.05) is 0 Å². The SMILES string of the molecule is [In+3].[O-][Cl+2]([O-])[O-].[O-][Cl+2]([O-])[O-].[O-][Cl+2]([O-])[O-]. The van der Waals surface area contributed by atoms with Crippen molar-refractivity contribution in [1.82, 2.24) is 0 Å². The molecule has 13 heavy (non-hydrogen) atoms. The van der Waals surface area contributed by atoms with Gasteiger partial charge < -0.3 is 41.9 Å². The Labute approximate surface area is 99.8 Å². The molecule has 0 aliphatic heterocycles. The van der Waals surface area contributed by atoms with Gasteiger partial charge in [0.05, 0.1) is 32.4 Å². The van der Waals surface area contributed by atoms with Gasteiger partial charge in [-0.25, -0.2) is 0 Å². The van der Waals surface area contributed by atoms with Crippen LogP contribution in [0, 0.1) is 32.4 Å². The van der Waals surface area contributed by atoms with Gasteiger partial charge >= 0.3 is 25.8 Å². The van der Waals surface area contributed by atoms with Crippen LogP contribution in [-0.4, -0.2) is 25.8 Å². The van der Waals surface area contributed by atoms with Crippen molar-refractivity contribution >= 4 is 25.8 Å². The molecule has 0 saturated carbocycles. The van der Waals surface area contributed by atoms with Gasteiger partial charge in [-0.2, -0.15) is 0 Å². The molecule has 0 N–H and O–H groups in total. The van der Waals surface area contributed by atoms with E-state index < -0.39 is 32.4 Å². The van der Waals surface area contributed by atoms with E-state index in [1.807, 2.05) is 0 Å². The van der Waals surface area contributed by atoms with Crippen molar-refractivity contribution < 1.29 is 74.3 Å². The van der Waals surface area contributed by atoms with E-state index >= 15 is 0 Å². The molecule has 0 aliphatic carbocycles. The van der Waals surface area contributed by atoms with E-state index in [1.165, 1.54) is 0 Å². The molecule has 0 atom stereocenters. The van der Waals surface area contributed by atoms with E-state index in [9.17, 15) is 0 Å². The first-order chi connectivity index (χ1) is 5.20. The molecule has 78 valence electrons. The number of halogens is 3. The molecule has 0 aromatic heterocycles. The Balaban J connectivity index is -0.0000000450. The fourth-order valence-corrected chi connectivity index (χ4v) is 0. The minimum absolute atomic E-state index is 0. The van der Waals surface area contributed by atoms with Gasteiger partial charge in [0.25, 0.3) is 0 Å². The topological polar surface area (TPSA) is 208 Å². The molecule has 0 fully saturated rings. The van der Waals surface area contributed by atoms with Crippen molar-refractivity contribution in [1.29, 1.82) is 0 Å². The molecule has 0 radical (unpaired) electrons. The molecule has 0 unspecified atom stereocenters. The Bertz CT molecular complexity index is 43.4. The molecule has 0 rings (SSSR count). The Kier molecular flexibility index (Phi) is 35.0. The van der Waals surface area contributed by atoms with Gasteiger partial charge in [0.15, 0.2) is 0 Å². The quantitative estimate of drug-likeness (QED) is 0.398. The molecule has 0 saturated heterocycles. The van der Waals surface area contributed by atoms with Crippen molar-refractivity contribution in [2.45, 2.75) is 0 Å². The normalized spacial score (nSPS) is 8.31. The Morgan fingerprint density at radius 3 is 0.385 bits per heavy atom. The molecule has 0 bridgehead atoms. The van der Waals surface area contributed by atoms with E-state index in [4.69, 9.17) is 41.9 Å². The fraction of sp³-hybridized carbons (Fsp3) is 0. The van der Waals surface area contributed by atoms with Crippen molar-refractivity contribution in [3.05, 3.63) is 0 Å². The molecule has 0 aliphatic rings. The first-order valence-corrected chi connectivity index (χ1v) is 4.17. The molecule has 9 nitrogen and oxygen atoms in total. The summed E-state index contributed by atoms with van der Waals surface area (Å²) in [5.41, 5.74) is 0. The molecule has 0 aromatic rings. The van der Waals surface area contributed by atoms with Gasteiger partial charge in [-0.1, -0.05) is 0 Å². The third kappa shape index (κ3) is 910. The van der Waals surface area contributed by atoms with Crippen LogP contribution in [0.4, 0.5) is 0 Å². The number of hydrogen-bond acceptors (Lipinski definition) is 9. The van der Waals surface area contributed by atoms with Crippen LogP contribution in [0.2, 0.25) is 0 Å². The van der Waals surface area contributed by atoms with Gasteiger partial charge in [-0.15, -0.1) is 0 Å². The summed E-state index contributed by atoms with van der Waals surface area (Å²) in [6.07, 6.45) is 0. The third-order valence-corrected chi connectivity index (χ3v) is 0. The summed E-state index contributed by atoms with van der Waals surface area (Å²) < 4.78 is 75.7. The monoisotopic (exact) mass is 364 g/mol. The van der Waals surface area contributed by atoms with Crippen LogP contribution >= 0.6 is 0 Å². The maximum absolute atomic E-state index is 8.41. The standard InChI is InChI=1S/3ClO3.In/c3*2-1(3)4;/q3*-1;+3. The van der Waals surface area contributed by atoms with Crippen LogP contribution in [-0.2, 0) is 0 Å². The van der Waals surface area contributed by atoms with Crippen molar-refractivity contribution in [2.75, 3.05) is 0 Å². The van der Waals surface area contributed by atoms with E-state index in [0.717, 1.165) is 0 Å². The summed E-state index contributed by atoms with van der Waals surface area (Å²) in [5.74, 6) is 0. The third-order valence-electron chi connectivity index (χ3n) is 0. The zero-order valence-electron chi connectivity index (χ0n) is 5.39. The van der Waals surface area contributed by atoms with Crippen LogP contribution < -0.4 is 41.9 Å². The summed E-state index contributed by atoms with van der Waals surface area (Å²) in [6.45, 7) is 0. The Morgan fingerprint density at radius 1 is 0.385 bits per heavy atom. The minimum Gasteiger partial charge on any atom is -0.357 e. The van der Waals surface area contributed by atoms with Gasteiger partial charge in [-0.05, 0) is 0 Å². The zero-order chi connectivity index (χ0) is 10.7. The van der Waals surface area contributed by atoms with E-state index in [2.05, 4.69) is 0 Å². The molecular formula is Cl3InO9. The van der Waals surface area contributed by atoms with Crippen molar-refractivity contribution in [2.24, 2.45) is 0 Å². The summed E-state index contributed by atoms with van der Waals surface area (Å²) in [7, 11) is -8.56. The number of hydrogen-bond donors (Lipinski definition) is 0. The van der Waals surface area contributed by atoms with Gasteiger partial charge in [0.2, 0.25) is 0 Å². The van der Waals surface area contributed by atoms with Crippen LogP contribution in [0.3, 0.4) is 0 Å². The second-order valence-electron chi connectivity index (χ2n) is 0.567. The molecular weight excluding hydrogens is 365 g/mol. The predicted molar refractivity (Wildman–Crippen MR) is 5.75 cm³/mol. The van der Waals surface area contributed by atoms with Crippen LogP contribution in [0.1, 0.15) is 0 Å².